The van der Waals surface area contributed by atoms with Crippen molar-refractivity contribution in [1.82, 2.24) is 0 Å². The number of esters is 2. The zero-order valence-electron chi connectivity index (χ0n) is 41.0. The number of unbranched alkanes of at least 4 members (excludes halogenated alkanes) is 26. The standard InChI is InChI=1S/C53H97NO8/c1-6-8-10-12-14-16-18-19-20-21-22-23-24-25-26-27-28-29-30-31-32-33-34-36-38-40-42-44-51(56)62-49(48-61-53(52(57)58)59-46-45-54(3,4)5)47-60-50(55)43-41-39-37-35-17-15-13-11-9-7-2/h18-19,21-22,24-25,49,53H,6-17,20,23,26-48H2,1-5H3/b19-18-,22-21-,25-24-. The van der Waals surface area contributed by atoms with E-state index in [1.54, 1.807) is 0 Å². The van der Waals surface area contributed by atoms with Gasteiger partial charge in [-0.25, -0.2) is 0 Å². The molecule has 0 saturated carbocycles. The molecule has 0 aliphatic heterocycles. The van der Waals surface area contributed by atoms with E-state index in [0.29, 0.717) is 23.9 Å². The smallest absolute Gasteiger partial charge is 0.306 e. The van der Waals surface area contributed by atoms with Gasteiger partial charge >= 0.3 is 11.9 Å². The number of carbonyl (C=O) groups is 3. The predicted molar refractivity (Wildman–Crippen MR) is 256 cm³/mol. The number of allylic oxidation sites excluding steroid dienone is 6. The van der Waals surface area contributed by atoms with Gasteiger partial charge in [-0.3, -0.25) is 9.59 Å². The molecular weight excluding hydrogens is 779 g/mol. The first-order valence-corrected chi connectivity index (χ1v) is 25.6. The number of ether oxygens (including phenoxy) is 4. The average Bonchev–Trinajstić information content (AvgIpc) is 3.23. The number of nitrogens with zero attached hydrogens (tertiary/aromatic N) is 1. The largest absolute Gasteiger partial charge is 0.545 e. The summed E-state index contributed by atoms with van der Waals surface area (Å²) >= 11 is 0. The fourth-order valence-corrected chi connectivity index (χ4v) is 7.13. The molecule has 0 aromatic rings. The lowest BCUT2D eigenvalue weighted by atomic mass is 10.0. The molecule has 0 bridgehead atoms. The van der Waals surface area contributed by atoms with Crippen LogP contribution >= 0.6 is 0 Å². The lowest BCUT2D eigenvalue weighted by Gasteiger charge is -2.26. The molecule has 0 aliphatic rings. The molecular formula is C53H97NO8. The van der Waals surface area contributed by atoms with Crippen molar-refractivity contribution in [1.29, 1.82) is 0 Å². The maximum Gasteiger partial charge on any atom is 0.306 e. The molecule has 0 amide bonds. The first-order valence-electron chi connectivity index (χ1n) is 25.6. The molecule has 0 heterocycles. The zero-order valence-corrected chi connectivity index (χ0v) is 41.0. The van der Waals surface area contributed by atoms with Gasteiger partial charge in [-0.2, -0.15) is 0 Å². The Bertz CT molecular complexity index is 1110. The predicted octanol–water partition coefficient (Wildman–Crippen LogP) is 12.8. The highest BCUT2D eigenvalue weighted by Crippen LogP contribution is 2.15. The summed E-state index contributed by atoms with van der Waals surface area (Å²) in [5.41, 5.74) is 0. The third-order valence-electron chi connectivity index (χ3n) is 11.1. The Hall–Kier alpha value is -2.49. The fraction of sp³-hybridized carbons (Fsp3) is 0.830. The summed E-state index contributed by atoms with van der Waals surface area (Å²) in [6, 6.07) is 0. The quantitative estimate of drug-likeness (QED) is 0.0195. The van der Waals surface area contributed by atoms with Crippen molar-refractivity contribution in [3.8, 4) is 0 Å². The van der Waals surface area contributed by atoms with Crippen molar-refractivity contribution in [3.05, 3.63) is 36.5 Å². The normalized spacial score (nSPS) is 13.1. The van der Waals surface area contributed by atoms with E-state index in [4.69, 9.17) is 18.9 Å². The van der Waals surface area contributed by atoms with E-state index in [0.717, 1.165) is 51.4 Å². The number of rotatable bonds is 47. The van der Waals surface area contributed by atoms with Crippen LogP contribution in [0.15, 0.2) is 36.5 Å². The van der Waals surface area contributed by atoms with Crippen molar-refractivity contribution in [2.45, 2.75) is 238 Å². The molecule has 2 unspecified atom stereocenters. The number of carbonyl (C=O) groups excluding carboxylic acids is 3. The average molecular weight is 876 g/mol. The Labute approximate surface area is 381 Å². The molecule has 0 N–H and O–H groups in total. The molecule has 2 atom stereocenters. The van der Waals surface area contributed by atoms with Gasteiger partial charge in [-0.1, -0.05) is 198 Å². The van der Waals surface area contributed by atoms with Gasteiger partial charge in [0.2, 0.25) is 0 Å². The van der Waals surface area contributed by atoms with E-state index in [1.807, 2.05) is 21.1 Å². The minimum Gasteiger partial charge on any atom is -0.545 e. The monoisotopic (exact) mass is 876 g/mol. The topological polar surface area (TPSA) is 111 Å². The van der Waals surface area contributed by atoms with Crippen LogP contribution in [0.4, 0.5) is 0 Å². The van der Waals surface area contributed by atoms with Gasteiger partial charge in [-0.15, -0.1) is 0 Å². The van der Waals surface area contributed by atoms with Gasteiger partial charge in [0.05, 0.1) is 40.3 Å². The van der Waals surface area contributed by atoms with Gasteiger partial charge in [0.15, 0.2) is 12.4 Å². The van der Waals surface area contributed by atoms with Gasteiger partial charge < -0.3 is 33.3 Å². The number of carboxylic acids is 1. The first-order chi connectivity index (χ1) is 30.1. The Morgan fingerprint density at radius 3 is 1.29 bits per heavy atom. The first kappa shape index (κ1) is 59.5. The molecule has 0 spiro atoms. The van der Waals surface area contributed by atoms with E-state index >= 15 is 0 Å². The SMILES string of the molecule is CCCCCCC/C=C\C/C=C\C/C=C\CCCCCCCCCCCCCCC(=O)OC(COC(=O)CCCCCCCCCCCC)COC(OCC[N+](C)(C)C)C(=O)[O-]. The van der Waals surface area contributed by atoms with Gasteiger partial charge in [-0.05, 0) is 51.4 Å². The zero-order chi connectivity index (χ0) is 45.6. The second-order valence-electron chi connectivity index (χ2n) is 18.5. The molecule has 9 heteroatoms. The Morgan fingerprint density at radius 2 is 0.871 bits per heavy atom. The lowest BCUT2D eigenvalue weighted by molar-refractivity contribution is -0.870. The molecule has 362 valence electrons. The van der Waals surface area contributed by atoms with Crippen LogP contribution < -0.4 is 5.11 Å². The minimum atomic E-state index is -1.62. The van der Waals surface area contributed by atoms with E-state index in [-0.39, 0.29) is 32.2 Å². The van der Waals surface area contributed by atoms with E-state index in [1.165, 1.54) is 141 Å². The van der Waals surface area contributed by atoms with E-state index < -0.39 is 24.3 Å². The molecule has 62 heavy (non-hydrogen) atoms. The third-order valence-corrected chi connectivity index (χ3v) is 11.1. The maximum absolute atomic E-state index is 12.8. The molecule has 9 nitrogen and oxygen atoms in total. The third kappa shape index (κ3) is 45.5. The molecule has 0 aliphatic carbocycles. The molecule has 0 radical (unpaired) electrons. The number of hydrogen-bond donors (Lipinski definition) is 0. The summed E-state index contributed by atoms with van der Waals surface area (Å²) in [7, 11) is 5.91. The van der Waals surface area contributed by atoms with Gasteiger partial charge in [0.1, 0.15) is 13.2 Å². The number of carboxylic acid groups (broad SMARTS) is 1. The van der Waals surface area contributed by atoms with E-state index in [2.05, 4.69) is 50.3 Å². The molecule has 0 aromatic carbocycles. The summed E-state index contributed by atoms with van der Waals surface area (Å²) < 4.78 is 22.6. The summed E-state index contributed by atoms with van der Waals surface area (Å²) in [5, 5.41) is 11.7. The van der Waals surface area contributed by atoms with Crippen LogP contribution in [-0.4, -0.2) is 82.3 Å². The van der Waals surface area contributed by atoms with Crippen LogP contribution in [0.5, 0.6) is 0 Å². The molecule has 0 fully saturated rings. The summed E-state index contributed by atoms with van der Waals surface area (Å²) in [4.78, 5) is 37.0. The van der Waals surface area contributed by atoms with E-state index in [9.17, 15) is 19.5 Å². The van der Waals surface area contributed by atoms with Crippen LogP contribution in [0, 0.1) is 0 Å². The highest BCUT2D eigenvalue weighted by atomic mass is 16.7. The van der Waals surface area contributed by atoms with Crippen LogP contribution in [0.1, 0.15) is 226 Å². The summed E-state index contributed by atoms with van der Waals surface area (Å²) in [5.74, 6) is -2.28. The Morgan fingerprint density at radius 1 is 0.484 bits per heavy atom. The van der Waals surface area contributed by atoms with Crippen molar-refractivity contribution in [2.75, 3.05) is 47.5 Å². The number of likely N-dealkylation sites (N-methyl/N-ethyl adjacent to an activating group) is 1. The number of aliphatic carboxylic acids is 1. The summed E-state index contributed by atoms with van der Waals surface area (Å²) in [6.07, 6.45) is 49.0. The second kappa shape index (κ2) is 45.1. The number of hydrogen-bond acceptors (Lipinski definition) is 8. The Balaban J connectivity index is 4.19. The van der Waals surface area contributed by atoms with Crippen molar-refractivity contribution < 1.29 is 42.9 Å². The van der Waals surface area contributed by atoms with Crippen molar-refractivity contribution >= 4 is 17.9 Å². The van der Waals surface area contributed by atoms with Crippen molar-refractivity contribution in [3.63, 3.8) is 0 Å². The van der Waals surface area contributed by atoms with Crippen LogP contribution in [-0.2, 0) is 33.3 Å². The van der Waals surface area contributed by atoms with Crippen LogP contribution in [0.2, 0.25) is 0 Å². The van der Waals surface area contributed by atoms with Crippen molar-refractivity contribution in [2.24, 2.45) is 0 Å². The lowest BCUT2D eigenvalue weighted by Crippen LogP contribution is -2.44. The highest BCUT2D eigenvalue weighted by Gasteiger charge is 2.22. The summed E-state index contributed by atoms with van der Waals surface area (Å²) in [6.45, 7) is 4.72. The molecule has 0 rings (SSSR count). The highest BCUT2D eigenvalue weighted by molar-refractivity contribution is 5.70. The maximum atomic E-state index is 12.8. The number of quaternary nitrogens is 1. The van der Waals surface area contributed by atoms with Gasteiger partial charge in [0, 0.05) is 12.8 Å². The molecule has 0 aromatic heterocycles. The Kier molecular flexibility index (Phi) is 43.3. The van der Waals surface area contributed by atoms with Crippen LogP contribution in [0.3, 0.4) is 0 Å². The fourth-order valence-electron chi connectivity index (χ4n) is 7.13. The molecule has 0 saturated heterocycles. The minimum absolute atomic E-state index is 0.148. The second-order valence-corrected chi connectivity index (χ2v) is 18.5. The van der Waals surface area contributed by atoms with Crippen LogP contribution in [0.25, 0.3) is 0 Å². The van der Waals surface area contributed by atoms with Gasteiger partial charge in [0.25, 0.3) is 0 Å².